The third-order valence-electron chi connectivity index (χ3n) is 6.48. The normalized spacial score (nSPS) is 54.1. The lowest BCUT2D eigenvalue weighted by molar-refractivity contribution is -0.122. The van der Waals surface area contributed by atoms with Crippen LogP contribution < -0.4 is 0 Å². The van der Waals surface area contributed by atoms with Crippen molar-refractivity contribution >= 4 is 5.78 Å². The maximum Gasteiger partial charge on any atom is 0.136 e. The Kier molecular flexibility index (Phi) is 1.97. The minimum atomic E-state index is 0.331. The summed E-state index contributed by atoms with van der Waals surface area (Å²) in [5, 5.41) is 0. The van der Waals surface area contributed by atoms with Crippen molar-refractivity contribution in [3.05, 3.63) is 0 Å². The van der Waals surface area contributed by atoms with Gasteiger partial charge in [0.2, 0.25) is 0 Å². The van der Waals surface area contributed by atoms with E-state index in [0.717, 1.165) is 18.3 Å². The van der Waals surface area contributed by atoms with E-state index in [1.165, 1.54) is 19.3 Å². The van der Waals surface area contributed by atoms with Gasteiger partial charge in [-0.2, -0.15) is 0 Å². The second-order valence-electron chi connectivity index (χ2n) is 7.36. The van der Waals surface area contributed by atoms with E-state index in [1.807, 2.05) is 0 Å². The van der Waals surface area contributed by atoms with E-state index in [0.29, 0.717) is 28.4 Å². The third kappa shape index (κ3) is 1.01. The van der Waals surface area contributed by atoms with E-state index in [9.17, 15) is 4.79 Å². The van der Waals surface area contributed by atoms with Gasteiger partial charge in [0.15, 0.2) is 0 Å². The first-order valence-electron chi connectivity index (χ1n) is 6.92. The van der Waals surface area contributed by atoms with Gasteiger partial charge in [-0.1, -0.05) is 27.7 Å². The highest BCUT2D eigenvalue weighted by Gasteiger charge is 2.67. The molecule has 3 rings (SSSR count). The van der Waals surface area contributed by atoms with Gasteiger partial charge in [-0.15, -0.1) is 0 Å². The molecule has 3 aliphatic carbocycles. The average molecular weight is 220 g/mol. The zero-order chi connectivity index (χ0) is 11.7. The van der Waals surface area contributed by atoms with Crippen LogP contribution in [0.15, 0.2) is 0 Å². The average Bonchev–Trinajstić information content (AvgIpc) is 2.51. The van der Waals surface area contributed by atoms with E-state index in [-0.39, 0.29) is 0 Å². The van der Waals surface area contributed by atoms with Gasteiger partial charge >= 0.3 is 0 Å². The molecule has 0 radical (unpaired) electrons. The number of rotatable bonds is 0. The molecule has 0 amide bonds. The fourth-order valence-electron chi connectivity index (χ4n) is 5.73. The largest absolute Gasteiger partial charge is 0.299 e. The summed E-state index contributed by atoms with van der Waals surface area (Å²) in [7, 11) is 0. The summed E-state index contributed by atoms with van der Waals surface area (Å²) < 4.78 is 0. The molecule has 3 fully saturated rings. The Labute approximate surface area is 99.0 Å². The van der Waals surface area contributed by atoms with Gasteiger partial charge in [-0.3, -0.25) is 4.79 Å². The van der Waals surface area contributed by atoms with E-state index >= 15 is 0 Å². The number of carbonyl (C=O) groups is 1. The summed E-state index contributed by atoms with van der Waals surface area (Å²) in [6.07, 6.45) is 4.89. The molecule has 0 heterocycles. The molecule has 0 aromatic heterocycles. The van der Waals surface area contributed by atoms with Crippen molar-refractivity contribution in [1.29, 1.82) is 0 Å². The summed E-state index contributed by atoms with van der Waals surface area (Å²) in [5.74, 6) is 3.18. The van der Waals surface area contributed by atoms with Crippen molar-refractivity contribution in [3.8, 4) is 0 Å². The van der Waals surface area contributed by atoms with Crippen LogP contribution in [-0.4, -0.2) is 5.78 Å². The Morgan fingerprint density at radius 1 is 1.12 bits per heavy atom. The van der Waals surface area contributed by atoms with Crippen molar-refractivity contribution in [1.82, 2.24) is 0 Å². The monoisotopic (exact) mass is 220 g/mol. The third-order valence-corrected chi connectivity index (χ3v) is 6.48. The second-order valence-corrected chi connectivity index (χ2v) is 7.36. The van der Waals surface area contributed by atoms with Crippen molar-refractivity contribution < 1.29 is 4.79 Å². The van der Waals surface area contributed by atoms with Gasteiger partial charge in [0.25, 0.3) is 0 Å². The molecule has 0 unspecified atom stereocenters. The van der Waals surface area contributed by atoms with Crippen LogP contribution in [0.3, 0.4) is 0 Å². The van der Waals surface area contributed by atoms with Crippen LogP contribution in [0.25, 0.3) is 0 Å². The predicted octanol–water partition coefficient (Wildman–Crippen LogP) is 3.67. The van der Waals surface area contributed by atoms with Crippen LogP contribution in [0.4, 0.5) is 0 Å². The molecule has 90 valence electrons. The van der Waals surface area contributed by atoms with Gasteiger partial charge in [0, 0.05) is 12.3 Å². The number of hydrogen-bond donors (Lipinski definition) is 0. The molecular formula is C15H24O. The quantitative estimate of drug-likeness (QED) is 0.608. The molecule has 0 aromatic rings. The Hall–Kier alpha value is -0.330. The number of hydrogen-bond acceptors (Lipinski definition) is 1. The number of carbonyl (C=O) groups excluding carboxylic acids is 1. The molecule has 1 heteroatoms. The van der Waals surface area contributed by atoms with Crippen LogP contribution in [0.5, 0.6) is 0 Å². The Balaban J connectivity index is 2.11. The minimum absolute atomic E-state index is 0.331. The molecule has 0 saturated heterocycles. The molecular weight excluding hydrogens is 196 g/mol. The minimum Gasteiger partial charge on any atom is -0.299 e. The molecule has 0 spiro atoms. The first kappa shape index (κ1) is 10.8. The fourth-order valence-corrected chi connectivity index (χ4v) is 5.73. The van der Waals surface area contributed by atoms with Crippen molar-refractivity contribution in [2.75, 3.05) is 0 Å². The first-order valence-corrected chi connectivity index (χ1v) is 6.92. The molecule has 16 heavy (non-hydrogen) atoms. The van der Waals surface area contributed by atoms with Gasteiger partial charge in [0.05, 0.1) is 0 Å². The Bertz CT molecular complexity index is 343. The zero-order valence-electron chi connectivity index (χ0n) is 11.0. The fraction of sp³-hybridized carbons (Fsp3) is 0.933. The van der Waals surface area contributed by atoms with Gasteiger partial charge < -0.3 is 0 Å². The predicted molar refractivity (Wildman–Crippen MR) is 65.0 cm³/mol. The van der Waals surface area contributed by atoms with Crippen LogP contribution in [0, 0.1) is 34.5 Å². The maximum atomic E-state index is 12.1. The van der Waals surface area contributed by atoms with Gasteiger partial charge in [-0.25, -0.2) is 0 Å². The van der Waals surface area contributed by atoms with E-state index in [4.69, 9.17) is 0 Å². The van der Waals surface area contributed by atoms with Gasteiger partial charge in [0.1, 0.15) is 5.78 Å². The highest BCUT2D eigenvalue weighted by atomic mass is 16.1. The lowest BCUT2D eigenvalue weighted by Gasteiger charge is -2.43. The Morgan fingerprint density at radius 2 is 1.81 bits per heavy atom. The van der Waals surface area contributed by atoms with E-state index < -0.39 is 0 Å². The Morgan fingerprint density at radius 3 is 2.44 bits per heavy atom. The van der Waals surface area contributed by atoms with Crippen molar-refractivity contribution in [2.45, 2.75) is 53.4 Å². The van der Waals surface area contributed by atoms with E-state index in [2.05, 4.69) is 27.7 Å². The van der Waals surface area contributed by atoms with Gasteiger partial charge in [-0.05, 0) is 47.8 Å². The summed E-state index contributed by atoms with van der Waals surface area (Å²) in [6.45, 7) is 9.49. The summed E-state index contributed by atoms with van der Waals surface area (Å²) >= 11 is 0. The highest BCUT2D eigenvalue weighted by molar-refractivity contribution is 5.85. The molecule has 0 aromatic carbocycles. The topological polar surface area (TPSA) is 17.1 Å². The standard InChI is InChI=1S/C15H24O/c1-9-5-6-11-12-7-13(16)10(2)15(9,12)8-14(11,3)4/h9-12H,5-8H2,1-4H3/t9-,10-,11-,12-,15-/m1/s1. The second kappa shape index (κ2) is 2.91. The SMILES string of the molecule is C[C@@H]1CC[C@@H]2[C@H]3CC(=O)[C@@H](C)[C@@]13CC2(C)C. The lowest BCUT2D eigenvalue weighted by atomic mass is 9.60. The number of Topliss-reactive ketones (excluding diaryl/α,β-unsaturated/α-hetero) is 1. The summed E-state index contributed by atoms with van der Waals surface area (Å²) in [5.41, 5.74) is 0.855. The van der Waals surface area contributed by atoms with Crippen LogP contribution in [-0.2, 0) is 4.79 Å². The molecule has 0 aliphatic heterocycles. The van der Waals surface area contributed by atoms with Crippen LogP contribution in [0.1, 0.15) is 53.4 Å². The molecule has 0 N–H and O–H groups in total. The molecule has 3 saturated carbocycles. The maximum absolute atomic E-state index is 12.1. The summed E-state index contributed by atoms with van der Waals surface area (Å²) in [6, 6.07) is 0. The van der Waals surface area contributed by atoms with E-state index in [1.54, 1.807) is 0 Å². The van der Waals surface area contributed by atoms with Crippen molar-refractivity contribution in [3.63, 3.8) is 0 Å². The molecule has 3 aliphatic rings. The molecule has 5 atom stereocenters. The van der Waals surface area contributed by atoms with Crippen LogP contribution >= 0.6 is 0 Å². The molecule has 1 nitrogen and oxygen atoms in total. The lowest BCUT2D eigenvalue weighted by Crippen LogP contribution is -2.39. The summed E-state index contributed by atoms with van der Waals surface area (Å²) in [4.78, 5) is 12.1. The number of ketones is 1. The van der Waals surface area contributed by atoms with Crippen molar-refractivity contribution in [2.24, 2.45) is 34.5 Å². The smallest absolute Gasteiger partial charge is 0.136 e. The van der Waals surface area contributed by atoms with Crippen LogP contribution in [0.2, 0.25) is 0 Å². The molecule has 2 bridgehead atoms. The zero-order valence-corrected chi connectivity index (χ0v) is 11.0. The highest BCUT2D eigenvalue weighted by Crippen LogP contribution is 2.71. The first-order chi connectivity index (χ1) is 7.39.